The van der Waals surface area contributed by atoms with Gasteiger partial charge in [-0.1, -0.05) is 48.0 Å². The first-order chi connectivity index (χ1) is 16.2. The maximum Gasteiger partial charge on any atom is 0.235 e. The minimum absolute atomic E-state index is 0.170. The SMILES string of the molecule is COc1c(-c2ccc(N(c3ccccc3)c3ccccc3)cc2)oc2ccc(C)cc2c1=O. The number of hydrogen-bond donors (Lipinski definition) is 0. The van der Waals surface area contributed by atoms with Crippen LogP contribution in [0.5, 0.6) is 5.75 Å². The molecule has 0 aliphatic rings. The van der Waals surface area contributed by atoms with Gasteiger partial charge in [-0.05, 0) is 67.6 Å². The van der Waals surface area contributed by atoms with Gasteiger partial charge in [0.05, 0.1) is 12.5 Å². The van der Waals surface area contributed by atoms with Crippen LogP contribution in [0.1, 0.15) is 5.56 Å². The van der Waals surface area contributed by atoms with Gasteiger partial charge in [-0.3, -0.25) is 4.79 Å². The summed E-state index contributed by atoms with van der Waals surface area (Å²) in [5.74, 6) is 0.639. The fourth-order valence-corrected chi connectivity index (χ4v) is 4.03. The molecular weight excluding hydrogens is 410 g/mol. The molecule has 0 unspecified atom stereocenters. The van der Waals surface area contributed by atoms with E-state index in [0.29, 0.717) is 16.7 Å². The number of ether oxygens (including phenoxy) is 1. The van der Waals surface area contributed by atoms with Gasteiger partial charge < -0.3 is 14.1 Å². The Morgan fingerprint density at radius 1 is 0.727 bits per heavy atom. The second kappa shape index (κ2) is 8.67. The lowest BCUT2D eigenvalue weighted by Gasteiger charge is -2.25. The Bertz CT molecular complexity index is 1420. The summed E-state index contributed by atoms with van der Waals surface area (Å²) in [5, 5.41) is 0.520. The molecule has 0 N–H and O–H groups in total. The van der Waals surface area contributed by atoms with E-state index in [1.165, 1.54) is 7.11 Å². The summed E-state index contributed by atoms with van der Waals surface area (Å²) in [7, 11) is 1.50. The van der Waals surface area contributed by atoms with Gasteiger partial charge in [-0.2, -0.15) is 0 Å². The molecule has 4 aromatic carbocycles. The Morgan fingerprint density at radius 3 is 1.88 bits per heavy atom. The molecule has 0 saturated heterocycles. The Kier molecular flexibility index (Phi) is 5.41. The standard InChI is InChI=1S/C29H23NO3/c1-20-13-18-26-25(19-20)27(31)29(32-2)28(33-26)21-14-16-24(17-15-21)30(22-9-5-3-6-10-22)23-11-7-4-8-12-23/h3-19H,1-2H3. The zero-order chi connectivity index (χ0) is 22.8. The van der Waals surface area contributed by atoms with Gasteiger partial charge in [-0.25, -0.2) is 0 Å². The zero-order valence-electron chi connectivity index (χ0n) is 18.5. The molecule has 162 valence electrons. The van der Waals surface area contributed by atoms with Crippen molar-refractivity contribution in [2.45, 2.75) is 6.92 Å². The van der Waals surface area contributed by atoms with E-state index in [4.69, 9.17) is 9.15 Å². The van der Waals surface area contributed by atoms with Crippen LogP contribution in [-0.2, 0) is 0 Å². The summed E-state index contributed by atoms with van der Waals surface area (Å²) < 4.78 is 11.6. The molecule has 4 heteroatoms. The van der Waals surface area contributed by atoms with Crippen molar-refractivity contribution < 1.29 is 9.15 Å². The van der Waals surface area contributed by atoms with Crippen molar-refractivity contribution in [3.63, 3.8) is 0 Å². The molecule has 0 amide bonds. The van der Waals surface area contributed by atoms with Crippen LogP contribution in [-0.4, -0.2) is 7.11 Å². The highest BCUT2D eigenvalue weighted by molar-refractivity contribution is 5.83. The third-order valence-corrected chi connectivity index (χ3v) is 5.62. The number of anilines is 3. The lowest BCUT2D eigenvalue weighted by Crippen LogP contribution is -2.10. The lowest BCUT2D eigenvalue weighted by molar-refractivity contribution is 0.398. The molecule has 0 atom stereocenters. The van der Waals surface area contributed by atoms with Crippen molar-refractivity contribution in [1.82, 2.24) is 0 Å². The van der Waals surface area contributed by atoms with E-state index < -0.39 is 0 Å². The predicted octanol–water partition coefficient (Wildman–Crippen LogP) is 7.25. The van der Waals surface area contributed by atoms with Crippen molar-refractivity contribution in [2.75, 3.05) is 12.0 Å². The van der Waals surface area contributed by atoms with Crippen LogP contribution < -0.4 is 15.1 Å². The Hall–Kier alpha value is -4.31. The van der Waals surface area contributed by atoms with Crippen LogP contribution in [0.25, 0.3) is 22.3 Å². The summed E-state index contributed by atoms with van der Waals surface area (Å²) in [6.45, 7) is 1.95. The van der Waals surface area contributed by atoms with E-state index in [1.807, 2.05) is 85.8 Å². The van der Waals surface area contributed by atoms with Crippen molar-refractivity contribution in [3.05, 3.63) is 119 Å². The molecule has 1 heterocycles. The number of nitrogens with zero attached hydrogens (tertiary/aromatic N) is 1. The van der Waals surface area contributed by atoms with Crippen LogP contribution in [0.4, 0.5) is 17.1 Å². The van der Waals surface area contributed by atoms with Crippen LogP contribution in [0, 0.1) is 6.92 Å². The van der Waals surface area contributed by atoms with Gasteiger partial charge in [0.15, 0.2) is 5.76 Å². The molecule has 0 saturated carbocycles. The third-order valence-electron chi connectivity index (χ3n) is 5.62. The van der Waals surface area contributed by atoms with Crippen LogP contribution in [0.3, 0.4) is 0 Å². The van der Waals surface area contributed by atoms with E-state index in [2.05, 4.69) is 29.2 Å². The van der Waals surface area contributed by atoms with Gasteiger partial charge in [0.25, 0.3) is 0 Å². The van der Waals surface area contributed by atoms with Crippen molar-refractivity contribution in [2.24, 2.45) is 0 Å². The lowest BCUT2D eigenvalue weighted by atomic mass is 10.1. The highest BCUT2D eigenvalue weighted by atomic mass is 16.5. The molecule has 1 aromatic heterocycles. The molecule has 0 aliphatic carbocycles. The first-order valence-electron chi connectivity index (χ1n) is 10.8. The molecule has 4 nitrogen and oxygen atoms in total. The summed E-state index contributed by atoms with van der Waals surface area (Å²) in [4.78, 5) is 15.2. The van der Waals surface area contributed by atoms with Crippen molar-refractivity contribution in [1.29, 1.82) is 0 Å². The summed E-state index contributed by atoms with van der Waals surface area (Å²) in [5.41, 5.74) is 5.25. The maximum absolute atomic E-state index is 13.1. The van der Waals surface area contributed by atoms with E-state index in [-0.39, 0.29) is 11.2 Å². The molecule has 0 aliphatic heterocycles. The van der Waals surface area contributed by atoms with Gasteiger partial charge in [0.2, 0.25) is 11.2 Å². The van der Waals surface area contributed by atoms with Crippen molar-refractivity contribution >= 4 is 28.0 Å². The number of para-hydroxylation sites is 2. The fourth-order valence-electron chi connectivity index (χ4n) is 4.03. The van der Waals surface area contributed by atoms with Crippen molar-refractivity contribution in [3.8, 4) is 17.1 Å². The smallest absolute Gasteiger partial charge is 0.235 e. The normalized spacial score (nSPS) is 10.8. The number of benzene rings is 4. The van der Waals surface area contributed by atoms with E-state index >= 15 is 0 Å². The summed E-state index contributed by atoms with van der Waals surface area (Å²) >= 11 is 0. The minimum Gasteiger partial charge on any atom is -0.490 e. The third kappa shape index (κ3) is 3.87. The van der Waals surface area contributed by atoms with E-state index in [9.17, 15) is 4.79 Å². The Labute approximate surface area is 192 Å². The predicted molar refractivity (Wildman–Crippen MR) is 134 cm³/mol. The topological polar surface area (TPSA) is 42.7 Å². The van der Waals surface area contributed by atoms with E-state index in [0.717, 1.165) is 28.2 Å². The molecule has 0 bridgehead atoms. The second-order valence-electron chi connectivity index (χ2n) is 7.85. The fraction of sp³-hybridized carbons (Fsp3) is 0.0690. The molecule has 5 rings (SSSR count). The Morgan fingerprint density at radius 2 is 1.30 bits per heavy atom. The summed E-state index contributed by atoms with van der Waals surface area (Å²) in [6, 6.07) is 34.0. The number of hydrogen-bond acceptors (Lipinski definition) is 4. The molecule has 0 fully saturated rings. The van der Waals surface area contributed by atoms with Gasteiger partial charge in [0, 0.05) is 22.6 Å². The second-order valence-corrected chi connectivity index (χ2v) is 7.85. The molecule has 5 aromatic rings. The minimum atomic E-state index is -0.170. The summed E-state index contributed by atoms with van der Waals surface area (Å²) in [6.07, 6.45) is 0. The molecule has 0 spiro atoms. The average molecular weight is 434 g/mol. The van der Waals surface area contributed by atoms with Gasteiger partial charge in [-0.15, -0.1) is 0 Å². The first kappa shape index (κ1) is 20.6. The number of aryl methyl sites for hydroxylation is 1. The number of methoxy groups -OCH3 is 1. The number of rotatable bonds is 5. The maximum atomic E-state index is 13.1. The largest absolute Gasteiger partial charge is 0.490 e. The first-order valence-corrected chi connectivity index (χ1v) is 10.8. The Balaban J connectivity index is 1.62. The zero-order valence-corrected chi connectivity index (χ0v) is 18.5. The average Bonchev–Trinajstić information content (AvgIpc) is 2.86. The quantitative estimate of drug-likeness (QED) is 0.293. The van der Waals surface area contributed by atoms with Gasteiger partial charge >= 0.3 is 0 Å². The molecule has 33 heavy (non-hydrogen) atoms. The van der Waals surface area contributed by atoms with E-state index in [1.54, 1.807) is 0 Å². The van der Waals surface area contributed by atoms with Gasteiger partial charge in [0.1, 0.15) is 5.58 Å². The highest BCUT2D eigenvalue weighted by Crippen LogP contribution is 2.37. The monoisotopic (exact) mass is 433 g/mol. The van der Waals surface area contributed by atoms with Crippen LogP contribution in [0.15, 0.2) is 112 Å². The molecular formula is C29H23NO3. The highest BCUT2D eigenvalue weighted by Gasteiger charge is 2.18. The number of fused-ring (bicyclic) bond motifs is 1. The molecule has 0 radical (unpaired) electrons. The van der Waals surface area contributed by atoms with Crippen LogP contribution in [0.2, 0.25) is 0 Å². The van der Waals surface area contributed by atoms with Crippen LogP contribution >= 0.6 is 0 Å².